The molecule has 2 unspecified atom stereocenters. The van der Waals surface area contributed by atoms with Gasteiger partial charge in [0.25, 0.3) is 0 Å². The second-order valence-corrected chi connectivity index (χ2v) is 6.44. The van der Waals surface area contributed by atoms with Gasteiger partial charge in [0.1, 0.15) is 0 Å². The van der Waals surface area contributed by atoms with Crippen molar-refractivity contribution in [3.63, 3.8) is 0 Å². The molecule has 1 fully saturated rings. The Morgan fingerprint density at radius 3 is 2.95 bits per heavy atom. The van der Waals surface area contributed by atoms with Crippen molar-refractivity contribution in [2.75, 3.05) is 6.61 Å². The van der Waals surface area contributed by atoms with E-state index in [2.05, 4.69) is 12.2 Å². The van der Waals surface area contributed by atoms with E-state index in [1.807, 2.05) is 18.2 Å². The van der Waals surface area contributed by atoms with Crippen LogP contribution in [0.25, 0.3) is 6.08 Å². The van der Waals surface area contributed by atoms with Gasteiger partial charge in [0, 0.05) is 34.4 Å². The highest BCUT2D eigenvalue weighted by Gasteiger charge is 2.25. The van der Waals surface area contributed by atoms with Crippen molar-refractivity contribution >= 4 is 23.3 Å². The molecule has 2 rings (SSSR count). The number of aliphatic hydroxyl groups excluding tert-OH is 1. The number of amides is 1. The highest BCUT2D eigenvalue weighted by Crippen LogP contribution is 2.24. The van der Waals surface area contributed by atoms with E-state index in [4.69, 9.17) is 0 Å². The van der Waals surface area contributed by atoms with Gasteiger partial charge in [0.05, 0.1) is 0 Å². The molecular weight excluding hydrogens is 258 g/mol. The number of hydrogen-bond acceptors (Lipinski definition) is 3. The standard InChI is InChI=1S/C15H21NO2S/c1-11-6-7-13(19-11)8-9-15(18)16-14-5-3-2-4-12(14)10-17/h6-9,12,14,17H,2-5,10H2,1H3,(H,16,18)/b9-8+. The molecule has 4 heteroatoms. The molecule has 1 aromatic rings. The van der Waals surface area contributed by atoms with Crippen molar-refractivity contribution < 1.29 is 9.90 Å². The van der Waals surface area contributed by atoms with Gasteiger partial charge in [-0.2, -0.15) is 0 Å². The monoisotopic (exact) mass is 279 g/mol. The number of carbonyl (C=O) groups excluding carboxylic acids is 1. The predicted molar refractivity (Wildman–Crippen MR) is 79.1 cm³/mol. The van der Waals surface area contributed by atoms with Crippen LogP contribution in [0.2, 0.25) is 0 Å². The van der Waals surface area contributed by atoms with E-state index in [0.29, 0.717) is 0 Å². The number of nitrogens with one attached hydrogen (secondary N) is 1. The van der Waals surface area contributed by atoms with E-state index in [9.17, 15) is 9.90 Å². The van der Waals surface area contributed by atoms with Crippen molar-refractivity contribution in [3.8, 4) is 0 Å². The molecule has 1 saturated carbocycles. The Morgan fingerprint density at radius 2 is 2.26 bits per heavy atom. The number of aliphatic hydroxyl groups is 1. The Balaban J connectivity index is 1.88. The van der Waals surface area contributed by atoms with Crippen LogP contribution < -0.4 is 5.32 Å². The van der Waals surface area contributed by atoms with E-state index in [0.717, 1.165) is 30.6 Å². The lowest BCUT2D eigenvalue weighted by Gasteiger charge is -2.30. The van der Waals surface area contributed by atoms with Crippen molar-refractivity contribution in [1.29, 1.82) is 0 Å². The third-order valence-electron chi connectivity index (χ3n) is 3.63. The fraction of sp³-hybridized carbons (Fsp3) is 0.533. The molecule has 3 nitrogen and oxygen atoms in total. The minimum Gasteiger partial charge on any atom is -0.396 e. The second kappa shape index (κ2) is 6.87. The lowest BCUT2D eigenvalue weighted by atomic mass is 9.85. The molecule has 1 heterocycles. The Kier molecular flexibility index (Phi) is 5.16. The van der Waals surface area contributed by atoms with Gasteiger partial charge in [-0.05, 0) is 38.0 Å². The van der Waals surface area contributed by atoms with Crippen molar-refractivity contribution in [1.82, 2.24) is 5.32 Å². The zero-order chi connectivity index (χ0) is 13.7. The number of rotatable bonds is 4. The normalized spacial score (nSPS) is 23.7. The predicted octanol–water partition coefficient (Wildman–Crippen LogP) is 2.74. The van der Waals surface area contributed by atoms with Gasteiger partial charge in [-0.3, -0.25) is 4.79 Å². The van der Waals surface area contributed by atoms with Gasteiger partial charge in [0.2, 0.25) is 5.91 Å². The van der Waals surface area contributed by atoms with Crippen LogP contribution in [-0.2, 0) is 4.79 Å². The van der Waals surface area contributed by atoms with E-state index in [1.165, 1.54) is 4.88 Å². The lowest BCUT2D eigenvalue weighted by Crippen LogP contribution is -2.42. The van der Waals surface area contributed by atoms with E-state index in [1.54, 1.807) is 17.4 Å². The summed E-state index contributed by atoms with van der Waals surface area (Å²) in [5, 5.41) is 12.3. The van der Waals surface area contributed by atoms with Crippen LogP contribution in [0, 0.1) is 12.8 Å². The quantitative estimate of drug-likeness (QED) is 0.833. The molecule has 1 amide bonds. The highest BCUT2D eigenvalue weighted by atomic mass is 32.1. The molecule has 0 aliphatic heterocycles. The van der Waals surface area contributed by atoms with Gasteiger partial charge in [-0.1, -0.05) is 12.8 Å². The number of hydrogen-bond donors (Lipinski definition) is 2. The number of aryl methyl sites for hydroxylation is 1. The molecule has 0 radical (unpaired) electrons. The maximum atomic E-state index is 11.9. The highest BCUT2D eigenvalue weighted by molar-refractivity contribution is 7.12. The van der Waals surface area contributed by atoms with E-state index in [-0.39, 0.29) is 24.5 Å². The molecule has 0 aromatic carbocycles. The summed E-state index contributed by atoms with van der Waals surface area (Å²) in [5.74, 6) is 0.159. The molecule has 2 N–H and O–H groups in total. The Morgan fingerprint density at radius 1 is 1.47 bits per heavy atom. The van der Waals surface area contributed by atoms with Crippen molar-refractivity contribution in [2.45, 2.75) is 38.6 Å². The van der Waals surface area contributed by atoms with E-state index < -0.39 is 0 Å². The SMILES string of the molecule is Cc1ccc(/C=C/C(=O)NC2CCCCC2CO)s1. The zero-order valence-corrected chi connectivity index (χ0v) is 12.1. The smallest absolute Gasteiger partial charge is 0.244 e. The van der Waals surface area contributed by atoms with Crippen LogP contribution in [-0.4, -0.2) is 23.7 Å². The Hall–Kier alpha value is -1.13. The number of thiophene rings is 1. The second-order valence-electron chi connectivity index (χ2n) is 5.12. The summed E-state index contributed by atoms with van der Waals surface area (Å²) in [6, 6.07) is 4.19. The largest absolute Gasteiger partial charge is 0.396 e. The molecule has 1 aromatic heterocycles. The molecular formula is C15H21NO2S. The minimum atomic E-state index is -0.0589. The molecule has 2 atom stereocenters. The van der Waals surface area contributed by atoms with Gasteiger partial charge in [0.15, 0.2) is 0 Å². The zero-order valence-electron chi connectivity index (χ0n) is 11.3. The summed E-state index contributed by atoms with van der Waals surface area (Å²) in [6.45, 7) is 2.22. The lowest BCUT2D eigenvalue weighted by molar-refractivity contribution is -0.117. The Bertz CT molecular complexity index is 453. The summed E-state index contributed by atoms with van der Waals surface area (Å²) in [7, 11) is 0. The van der Waals surface area contributed by atoms with Gasteiger partial charge in [-0.15, -0.1) is 11.3 Å². The van der Waals surface area contributed by atoms with Gasteiger partial charge < -0.3 is 10.4 Å². The fourth-order valence-corrected chi connectivity index (χ4v) is 3.33. The average molecular weight is 279 g/mol. The molecule has 0 saturated heterocycles. The molecule has 1 aliphatic carbocycles. The van der Waals surface area contributed by atoms with Crippen LogP contribution in [0.15, 0.2) is 18.2 Å². The topological polar surface area (TPSA) is 49.3 Å². The minimum absolute atomic E-state index is 0.0589. The number of carbonyl (C=O) groups is 1. The summed E-state index contributed by atoms with van der Waals surface area (Å²) in [6.07, 6.45) is 7.72. The first-order chi connectivity index (χ1) is 9.19. The molecule has 104 valence electrons. The summed E-state index contributed by atoms with van der Waals surface area (Å²) >= 11 is 1.67. The molecule has 1 aliphatic rings. The first-order valence-electron chi connectivity index (χ1n) is 6.85. The summed E-state index contributed by atoms with van der Waals surface area (Å²) in [4.78, 5) is 14.2. The van der Waals surface area contributed by atoms with Crippen molar-refractivity contribution in [2.24, 2.45) is 5.92 Å². The van der Waals surface area contributed by atoms with Crippen LogP contribution in [0.1, 0.15) is 35.4 Å². The third kappa shape index (κ3) is 4.18. The molecule has 0 spiro atoms. The van der Waals surface area contributed by atoms with Gasteiger partial charge in [-0.25, -0.2) is 0 Å². The summed E-state index contributed by atoms with van der Waals surface area (Å²) < 4.78 is 0. The molecule has 0 bridgehead atoms. The van der Waals surface area contributed by atoms with Crippen LogP contribution in [0.3, 0.4) is 0 Å². The average Bonchev–Trinajstić information content (AvgIpc) is 2.83. The van der Waals surface area contributed by atoms with E-state index >= 15 is 0 Å². The fourth-order valence-electron chi connectivity index (χ4n) is 2.55. The van der Waals surface area contributed by atoms with Crippen LogP contribution >= 0.6 is 11.3 Å². The third-order valence-corrected chi connectivity index (χ3v) is 4.60. The molecule has 19 heavy (non-hydrogen) atoms. The first kappa shape index (κ1) is 14.3. The maximum absolute atomic E-state index is 11.9. The van der Waals surface area contributed by atoms with Crippen molar-refractivity contribution in [3.05, 3.63) is 28.0 Å². The first-order valence-corrected chi connectivity index (χ1v) is 7.66. The van der Waals surface area contributed by atoms with Gasteiger partial charge >= 0.3 is 0 Å². The Labute approximate surface area is 118 Å². The van der Waals surface area contributed by atoms with Crippen LogP contribution in [0.4, 0.5) is 0 Å². The van der Waals surface area contributed by atoms with Crippen LogP contribution in [0.5, 0.6) is 0 Å². The summed E-state index contributed by atoms with van der Waals surface area (Å²) in [5.41, 5.74) is 0. The maximum Gasteiger partial charge on any atom is 0.244 e.